The predicted octanol–water partition coefficient (Wildman–Crippen LogP) is 5.30. The number of thiophene rings is 1. The summed E-state index contributed by atoms with van der Waals surface area (Å²) >= 11 is 3.29. The Hall–Kier alpha value is -1.34. The normalized spacial score (nSPS) is 15.5. The van der Waals surface area contributed by atoms with Crippen molar-refractivity contribution in [2.45, 2.75) is 89.4 Å². The lowest BCUT2D eigenvalue weighted by atomic mass is 10.1. The van der Waals surface area contributed by atoms with Gasteiger partial charge >= 0.3 is 0 Å². The number of nitrogens with zero attached hydrogens (tertiary/aromatic N) is 3. The standard InChI is InChI=1S/C21H32N4OS2/c1-3-9-18-13-16(14-27-18)20-23-24-21(25(20)12-4-2)28-15-19(26)22-17-10-7-5-6-8-11-17/h13-14,17H,3-12,15H2,1-2H3,(H,22,26). The molecule has 28 heavy (non-hydrogen) atoms. The van der Waals surface area contributed by atoms with E-state index in [1.807, 2.05) is 0 Å². The van der Waals surface area contributed by atoms with E-state index >= 15 is 0 Å². The lowest BCUT2D eigenvalue weighted by molar-refractivity contribution is -0.119. The molecule has 1 saturated carbocycles. The molecule has 1 aliphatic carbocycles. The van der Waals surface area contributed by atoms with E-state index in [2.05, 4.69) is 45.4 Å². The van der Waals surface area contributed by atoms with Crippen LogP contribution >= 0.6 is 23.1 Å². The van der Waals surface area contributed by atoms with Crippen LogP contribution in [0.2, 0.25) is 0 Å². The van der Waals surface area contributed by atoms with Crippen molar-refractivity contribution in [3.8, 4) is 11.4 Å². The summed E-state index contributed by atoms with van der Waals surface area (Å²) in [6, 6.07) is 2.58. The van der Waals surface area contributed by atoms with Gasteiger partial charge < -0.3 is 9.88 Å². The number of carbonyl (C=O) groups excluding carboxylic acids is 1. The van der Waals surface area contributed by atoms with Crippen molar-refractivity contribution in [1.82, 2.24) is 20.1 Å². The molecule has 2 aromatic rings. The molecule has 0 unspecified atom stereocenters. The summed E-state index contributed by atoms with van der Waals surface area (Å²) in [5.41, 5.74) is 1.14. The van der Waals surface area contributed by atoms with Crippen LogP contribution in [0.25, 0.3) is 11.4 Å². The minimum Gasteiger partial charge on any atom is -0.353 e. The van der Waals surface area contributed by atoms with Gasteiger partial charge in [-0.3, -0.25) is 4.79 Å². The molecule has 2 heterocycles. The van der Waals surface area contributed by atoms with Gasteiger partial charge in [-0.05, 0) is 31.7 Å². The Bertz CT molecular complexity index is 747. The third kappa shape index (κ3) is 5.83. The van der Waals surface area contributed by atoms with Crippen molar-refractivity contribution < 1.29 is 4.79 Å². The fourth-order valence-corrected chi connectivity index (χ4v) is 5.48. The fraction of sp³-hybridized carbons (Fsp3) is 0.667. The smallest absolute Gasteiger partial charge is 0.230 e. The number of hydrogen-bond donors (Lipinski definition) is 1. The summed E-state index contributed by atoms with van der Waals surface area (Å²) in [6.07, 6.45) is 10.6. The van der Waals surface area contributed by atoms with E-state index in [0.29, 0.717) is 11.8 Å². The van der Waals surface area contributed by atoms with Crippen LogP contribution in [0.3, 0.4) is 0 Å². The van der Waals surface area contributed by atoms with Crippen molar-refractivity contribution in [3.05, 3.63) is 16.3 Å². The summed E-state index contributed by atoms with van der Waals surface area (Å²) in [7, 11) is 0. The number of hydrogen-bond acceptors (Lipinski definition) is 5. The fourth-order valence-electron chi connectivity index (χ4n) is 3.73. The van der Waals surface area contributed by atoms with E-state index in [0.717, 1.165) is 55.2 Å². The summed E-state index contributed by atoms with van der Waals surface area (Å²) in [5.74, 6) is 1.45. The molecule has 0 saturated heterocycles. The van der Waals surface area contributed by atoms with Gasteiger partial charge in [0.15, 0.2) is 11.0 Å². The van der Waals surface area contributed by atoms with E-state index < -0.39 is 0 Å². The minimum atomic E-state index is 0.116. The highest BCUT2D eigenvalue weighted by Crippen LogP contribution is 2.28. The van der Waals surface area contributed by atoms with Gasteiger partial charge in [-0.1, -0.05) is 57.7 Å². The maximum Gasteiger partial charge on any atom is 0.230 e. The number of nitrogens with one attached hydrogen (secondary N) is 1. The van der Waals surface area contributed by atoms with Gasteiger partial charge in [0.25, 0.3) is 0 Å². The molecule has 1 amide bonds. The van der Waals surface area contributed by atoms with Crippen LogP contribution in [0.15, 0.2) is 16.6 Å². The van der Waals surface area contributed by atoms with Gasteiger partial charge in [-0.15, -0.1) is 21.5 Å². The maximum atomic E-state index is 12.4. The van der Waals surface area contributed by atoms with E-state index in [4.69, 9.17) is 0 Å². The van der Waals surface area contributed by atoms with Crippen LogP contribution < -0.4 is 5.32 Å². The molecule has 7 heteroatoms. The highest BCUT2D eigenvalue weighted by molar-refractivity contribution is 7.99. The van der Waals surface area contributed by atoms with E-state index in [-0.39, 0.29) is 5.91 Å². The number of aryl methyl sites for hydroxylation is 1. The second kappa shape index (κ2) is 11.0. The van der Waals surface area contributed by atoms with Crippen LogP contribution in [-0.4, -0.2) is 32.5 Å². The second-order valence-corrected chi connectivity index (χ2v) is 9.49. The van der Waals surface area contributed by atoms with Crippen molar-refractivity contribution >= 4 is 29.0 Å². The summed E-state index contributed by atoms with van der Waals surface area (Å²) < 4.78 is 2.17. The number of carbonyl (C=O) groups is 1. The average molecular weight is 421 g/mol. The molecule has 154 valence electrons. The summed E-state index contributed by atoms with van der Waals surface area (Å²) in [5, 5.41) is 15.1. The molecule has 0 radical (unpaired) electrons. The first-order valence-electron chi connectivity index (χ1n) is 10.6. The van der Waals surface area contributed by atoms with Crippen LogP contribution in [0.1, 0.15) is 70.1 Å². The van der Waals surface area contributed by atoms with E-state index in [1.165, 1.54) is 42.3 Å². The highest BCUT2D eigenvalue weighted by atomic mass is 32.2. The zero-order chi connectivity index (χ0) is 19.8. The molecule has 5 nitrogen and oxygen atoms in total. The molecule has 2 aromatic heterocycles. The van der Waals surface area contributed by atoms with Crippen molar-refractivity contribution in [2.24, 2.45) is 0 Å². The Labute approximate surface area is 176 Å². The van der Waals surface area contributed by atoms with Crippen molar-refractivity contribution in [3.63, 3.8) is 0 Å². The summed E-state index contributed by atoms with van der Waals surface area (Å²) in [6.45, 7) is 5.23. The average Bonchev–Trinajstić information content (AvgIpc) is 3.21. The molecule has 1 aliphatic rings. The highest BCUT2D eigenvalue weighted by Gasteiger charge is 2.18. The van der Waals surface area contributed by atoms with Gasteiger partial charge in [0.05, 0.1) is 5.75 Å². The number of aromatic nitrogens is 3. The molecule has 0 bridgehead atoms. The molecular formula is C21H32N4OS2. The third-order valence-electron chi connectivity index (χ3n) is 5.13. The molecular weight excluding hydrogens is 388 g/mol. The number of rotatable bonds is 9. The minimum absolute atomic E-state index is 0.116. The number of thioether (sulfide) groups is 1. The zero-order valence-corrected chi connectivity index (χ0v) is 18.7. The molecule has 3 rings (SSSR count). The first-order chi connectivity index (χ1) is 13.7. The van der Waals surface area contributed by atoms with Crippen molar-refractivity contribution in [1.29, 1.82) is 0 Å². The Morgan fingerprint density at radius 1 is 1.21 bits per heavy atom. The van der Waals surface area contributed by atoms with Gasteiger partial charge in [0.1, 0.15) is 0 Å². The summed E-state index contributed by atoms with van der Waals surface area (Å²) in [4.78, 5) is 13.8. The first-order valence-corrected chi connectivity index (χ1v) is 12.5. The molecule has 0 aliphatic heterocycles. The van der Waals surface area contributed by atoms with E-state index in [9.17, 15) is 4.79 Å². The molecule has 0 spiro atoms. The van der Waals surface area contributed by atoms with Crippen LogP contribution in [-0.2, 0) is 17.8 Å². The lowest BCUT2D eigenvalue weighted by Crippen LogP contribution is -2.35. The zero-order valence-electron chi connectivity index (χ0n) is 17.1. The SMILES string of the molecule is CCCc1cc(-c2nnc(SCC(=O)NC3CCCCCC3)n2CCC)cs1. The Kier molecular flexibility index (Phi) is 8.40. The topological polar surface area (TPSA) is 59.8 Å². The van der Waals surface area contributed by atoms with Gasteiger partial charge in [-0.2, -0.15) is 0 Å². The Morgan fingerprint density at radius 3 is 2.71 bits per heavy atom. The first kappa shape index (κ1) is 21.4. The van der Waals surface area contributed by atoms with Gasteiger partial charge in [0, 0.05) is 28.4 Å². The monoisotopic (exact) mass is 420 g/mol. The lowest BCUT2D eigenvalue weighted by Gasteiger charge is -2.16. The Balaban J connectivity index is 1.62. The molecule has 1 fully saturated rings. The predicted molar refractivity (Wildman–Crippen MR) is 118 cm³/mol. The Morgan fingerprint density at radius 2 is 2.00 bits per heavy atom. The quantitative estimate of drug-likeness (QED) is 0.442. The largest absolute Gasteiger partial charge is 0.353 e. The van der Waals surface area contributed by atoms with Crippen LogP contribution in [0.5, 0.6) is 0 Å². The van der Waals surface area contributed by atoms with E-state index in [1.54, 1.807) is 11.3 Å². The molecule has 1 N–H and O–H groups in total. The maximum absolute atomic E-state index is 12.4. The molecule has 0 atom stereocenters. The third-order valence-corrected chi connectivity index (χ3v) is 7.09. The second-order valence-electron chi connectivity index (χ2n) is 7.55. The van der Waals surface area contributed by atoms with Gasteiger partial charge in [-0.25, -0.2) is 0 Å². The number of amides is 1. The van der Waals surface area contributed by atoms with Gasteiger partial charge in [0.2, 0.25) is 5.91 Å². The van der Waals surface area contributed by atoms with Crippen LogP contribution in [0.4, 0.5) is 0 Å². The molecule has 0 aromatic carbocycles. The van der Waals surface area contributed by atoms with Crippen LogP contribution in [0, 0.1) is 0 Å². The van der Waals surface area contributed by atoms with Crippen molar-refractivity contribution in [2.75, 3.05) is 5.75 Å².